The molecule has 0 spiro atoms. The van der Waals surface area contributed by atoms with Gasteiger partial charge in [0, 0.05) is 31.2 Å². The van der Waals surface area contributed by atoms with E-state index in [-0.39, 0.29) is 83.3 Å². The number of aliphatic hydroxyl groups is 2. The summed E-state index contributed by atoms with van der Waals surface area (Å²) in [5, 5.41) is 27.7. The predicted octanol–water partition coefficient (Wildman–Crippen LogP) is 2.54. The van der Waals surface area contributed by atoms with Crippen LogP contribution in [-0.2, 0) is 25.8 Å². The van der Waals surface area contributed by atoms with Crippen LogP contribution < -0.4 is 91.2 Å². The summed E-state index contributed by atoms with van der Waals surface area (Å²) < 4.78 is 33.9. The van der Waals surface area contributed by atoms with Gasteiger partial charge >= 0.3 is 120 Å². The van der Waals surface area contributed by atoms with Crippen LogP contribution in [0.2, 0.25) is 0 Å². The number of nitrogens with one attached hydrogen (secondary N) is 1. The molecule has 0 radical (unpaired) electrons. The van der Waals surface area contributed by atoms with Gasteiger partial charge in [-0.2, -0.15) is 4.98 Å². The quantitative estimate of drug-likeness (QED) is 0.0740. The van der Waals surface area contributed by atoms with Crippen LogP contribution in [0.25, 0.3) is 11.0 Å². The number of aromatic nitrogens is 3. The number of allylic oxidation sites excluding steroid dienone is 1. The van der Waals surface area contributed by atoms with Crippen LogP contribution >= 0.6 is 15.9 Å². The van der Waals surface area contributed by atoms with Crippen LogP contribution in [0.5, 0.6) is 40.4 Å². The Morgan fingerprint density at radius 3 is 2.05 bits per heavy atom. The van der Waals surface area contributed by atoms with Crippen molar-refractivity contribution in [1.82, 2.24) is 14.5 Å². The third-order valence-electron chi connectivity index (χ3n) is 8.19. The summed E-state index contributed by atoms with van der Waals surface area (Å²) in [6, 6.07) is 18.2. The third kappa shape index (κ3) is 20.4. The van der Waals surface area contributed by atoms with Crippen LogP contribution in [0, 0.1) is 0 Å². The maximum atomic E-state index is 12.4. The summed E-state index contributed by atoms with van der Waals surface area (Å²) in [7, 11) is 4.71. The average Bonchev–Trinajstić information content (AvgIpc) is 3.59. The number of aromatic hydroxyl groups is 1. The number of pyridine rings is 1. The molecule has 2 aromatic heterocycles. The summed E-state index contributed by atoms with van der Waals surface area (Å²) in [6.07, 6.45) is 8.98. The summed E-state index contributed by atoms with van der Waals surface area (Å²) in [5.41, 5.74) is 9.91. The van der Waals surface area contributed by atoms with Crippen LogP contribution in [0.1, 0.15) is 18.1 Å². The number of aryl methyl sites for hydroxylation is 2. The van der Waals surface area contributed by atoms with E-state index in [0.717, 1.165) is 22.0 Å². The third-order valence-corrected chi connectivity index (χ3v) is 8.65. The van der Waals surface area contributed by atoms with Gasteiger partial charge in [0.05, 0.1) is 26.8 Å². The van der Waals surface area contributed by atoms with Gasteiger partial charge in [-0.15, -0.1) is 6.58 Å². The molecule has 0 aliphatic carbocycles. The molecule has 0 fully saturated rings. The number of ether oxygens (including phenoxy) is 6. The van der Waals surface area contributed by atoms with Crippen molar-refractivity contribution in [2.24, 2.45) is 0 Å². The Kier molecular flexibility index (Phi) is 32.7. The molecule has 61 heavy (non-hydrogen) atoms. The van der Waals surface area contributed by atoms with Gasteiger partial charge in [-0.05, 0) is 84.5 Å². The van der Waals surface area contributed by atoms with Crippen LogP contribution in [0.3, 0.4) is 0 Å². The number of hydrogen-bond donors (Lipinski definition) is 5. The van der Waals surface area contributed by atoms with Gasteiger partial charge in [-0.1, -0.05) is 52.9 Å². The normalized spacial score (nSPS) is 11.7. The summed E-state index contributed by atoms with van der Waals surface area (Å²) in [6.45, 7) is 8.86. The van der Waals surface area contributed by atoms with E-state index in [2.05, 4.69) is 39.1 Å². The van der Waals surface area contributed by atoms with E-state index in [0.29, 0.717) is 91.3 Å². The summed E-state index contributed by atoms with van der Waals surface area (Å²) >= 11 is 5.63. The fourth-order valence-corrected chi connectivity index (χ4v) is 5.37. The van der Waals surface area contributed by atoms with Gasteiger partial charge in [0.2, 0.25) is 5.88 Å². The second kappa shape index (κ2) is 34.4. The number of H-pyrrole nitrogens is 1. The number of anilines is 1. The molecule has 0 unspecified atom stereocenters. The number of aliphatic hydroxyl groups excluding tert-OH is 2. The first-order valence-electron chi connectivity index (χ1n) is 19.3. The van der Waals surface area contributed by atoms with Crippen LogP contribution in [-0.4, -0.2) is 153 Å². The molecule has 6 rings (SSSR count). The zero-order valence-corrected chi connectivity index (χ0v) is 47.1. The zero-order chi connectivity index (χ0) is 44.3. The molecule has 0 saturated heterocycles. The first kappa shape index (κ1) is 58.0. The van der Waals surface area contributed by atoms with Gasteiger partial charge < -0.3 is 55.9 Å². The molecule has 5 aromatic rings. The molecule has 1 aliphatic rings. The van der Waals surface area contributed by atoms with Crippen LogP contribution in [0.15, 0.2) is 103 Å². The Labute approximate surface area is 455 Å². The van der Waals surface area contributed by atoms with Gasteiger partial charge in [0.15, 0.2) is 40.3 Å². The SMILES string of the molecule is C=CCBr.C=CCOc1cc(CCO)ccc1OC.COc1ccc(CCO)cc1O.COc1ccc2cc1OC/C=C/COc1cc3c([nH]c(=O)n3CC2)c(N)n1.[H-].[K+].[K][K]. The number of nitrogens with zero attached hydrogens (tertiary/aromatic N) is 2. The van der Waals surface area contributed by atoms with E-state index < -0.39 is 0 Å². The van der Waals surface area contributed by atoms with Crippen LogP contribution in [0.4, 0.5) is 5.82 Å². The number of fused-ring (bicyclic) bond motifs is 3. The molecule has 4 bridgehead atoms. The van der Waals surface area contributed by atoms with Gasteiger partial charge in [-0.3, -0.25) is 4.57 Å². The number of nitrogen functional groups attached to an aromatic ring is 1. The molecule has 0 amide bonds. The van der Waals surface area contributed by atoms with Gasteiger partial charge in [0.1, 0.15) is 25.3 Å². The molecule has 14 nitrogen and oxygen atoms in total. The number of imidazole rings is 1. The van der Waals surface area contributed by atoms with E-state index in [1.807, 2.05) is 54.6 Å². The summed E-state index contributed by atoms with van der Waals surface area (Å²) in [4.78, 5) is 19.4. The standard InChI is InChI=1S/C19H20N4O4.C12H16O3.C9H12O3.C3H5Br.3K.H/c1-25-14-5-4-12-6-7-23-13-11-16(21-18(20)17(13)22-19(23)24)27-9-3-2-8-26-15(14)10-12;1-3-8-15-12-9-10(6-7-13)4-5-11(12)14-2;1-12-9-3-2-7(4-5-10)6-8(9)11;1-2-3-4;;;;/h2-5,10-11H,6-9H2,1H3,(H2,20,21)(H,22,24);3-5,9,13H,1,6-8H2,2H3;2-3,6,10-11H,4-5H2,1H3;2H,1,3H2;;;;/q;;;;;;+1;-1/b3-2+;;;;;;;. The number of alkyl halides is 1. The van der Waals surface area contributed by atoms with Crippen molar-refractivity contribution < 1.29 is 96.6 Å². The van der Waals surface area contributed by atoms with E-state index in [4.69, 9.17) is 44.4 Å². The van der Waals surface area contributed by atoms with E-state index >= 15 is 0 Å². The number of phenolic OH excluding ortho intramolecular Hbond substituents is 1. The number of rotatable bonds is 11. The molecular formula is C43H54BrK3N4O10. The van der Waals surface area contributed by atoms with Crippen molar-refractivity contribution in [3.63, 3.8) is 0 Å². The van der Waals surface area contributed by atoms with E-state index in [1.54, 1.807) is 49.1 Å². The number of phenols is 1. The van der Waals surface area contributed by atoms with Crippen molar-refractivity contribution in [2.45, 2.75) is 25.8 Å². The number of methoxy groups -OCH3 is 3. The second-order valence-electron chi connectivity index (χ2n) is 12.1. The molecule has 6 N–H and O–H groups in total. The molecule has 3 heterocycles. The second-order valence-corrected chi connectivity index (χ2v) is 12.8. The molecule has 316 valence electrons. The fourth-order valence-electron chi connectivity index (χ4n) is 5.37. The van der Waals surface area contributed by atoms with Gasteiger partial charge in [0.25, 0.3) is 0 Å². The minimum atomic E-state index is -0.232. The van der Waals surface area contributed by atoms with Crippen molar-refractivity contribution in [2.75, 3.05) is 65.4 Å². The number of hydrogen-bond acceptors (Lipinski definition) is 12. The monoisotopic (exact) mass is 982 g/mol. The topological polar surface area (TPSA) is 193 Å². The van der Waals surface area contributed by atoms with E-state index in [9.17, 15) is 9.90 Å². The molecule has 0 atom stereocenters. The van der Waals surface area contributed by atoms with Gasteiger partial charge in [-0.25, -0.2) is 4.79 Å². The summed E-state index contributed by atoms with van der Waals surface area (Å²) in [5.74, 6) is 3.88. The molecule has 18 heteroatoms. The Hall–Kier alpha value is -0.991. The minimum absolute atomic E-state index is 0. The first-order valence-corrected chi connectivity index (χ1v) is 36.4. The number of benzene rings is 3. The zero-order valence-electron chi connectivity index (χ0n) is 37.1. The molecule has 0 saturated carbocycles. The van der Waals surface area contributed by atoms with Crippen molar-refractivity contribution in [3.8, 4) is 40.4 Å². The Balaban J connectivity index is 0.000000906. The molecule has 3 aromatic carbocycles. The Morgan fingerprint density at radius 2 is 1.48 bits per heavy atom. The van der Waals surface area contributed by atoms with Crippen molar-refractivity contribution in [1.29, 1.82) is 0 Å². The van der Waals surface area contributed by atoms with E-state index in [1.165, 1.54) is 70.3 Å². The molecular weight excluding hydrogens is 930 g/mol. The Bertz CT molecular complexity index is 2160. The van der Waals surface area contributed by atoms with Crippen molar-refractivity contribution in [3.05, 3.63) is 125 Å². The predicted molar refractivity (Wildman–Crippen MR) is 243 cm³/mol. The number of halogens is 1. The van der Waals surface area contributed by atoms with Crippen molar-refractivity contribution >= 4 is 95.9 Å². The fraction of sp³-hybridized carbons (Fsp3) is 0.302. The average molecular weight is 984 g/mol. The first-order chi connectivity index (χ1) is 29.2. The number of nitrogens with two attached hydrogens (primary N) is 1. The molecule has 1 aliphatic heterocycles. The number of aromatic amines is 1. The maximum absolute atomic E-state index is 12.4. The Morgan fingerprint density at radius 1 is 0.885 bits per heavy atom.